The molecule has 6 nitrogen and oxygen atoms in total. The molecule has 0 radical (unpaired) electrons. The molecule has 1 saturated carbocycles. The molecule has 0 aromatic carbocycles. The number of hydrogen-bond donors (Lipinski definition) is 2. The van der Waals surface area contributed by atoms with Crippen molar-refractivity contribution in [2.45, 2.75) is 19.3 Å². The summed E-state index contributed by atoms with van der Waals surface area (Å²) in [6, 6.07) is 0. The molecule has 6 heteroatoms. The molecule has 19 heavy (non-hydrogen) atoms. The number of nitrogens with zero attached hydrogens (tertiary/aromatic N) is 2. The van der Waals surface area contributed by atoms with Crippen LogP contribution in [0.3, 0.4) is 0 Å². The molecule has 1 heterocycles. The van der Waals surface area contributed by atoms with Gasteiger partial charge in [0.15, 0.2) is 0 Å². The second-order valence-corrected chi connectivity index (χ2v) is 4.66. The minimum absolute atomic E-state index is 0.197. The number of carbonyl (C=O) groups is 1. The Balaban J connectivity index is 1.59. The van der Waals surface area contributed by atoms with Gasteiger partial charge in [0.05, 0.1) is 12.4 Å². The highest BCUT2D eigenvalue weighted by Crippen LogP contribution is 2.28. The van der Waals surface area contributed by atoms with Gasteiger partial charge in [-0.1, -0.05) is 0 Å². The SMILES string of the molecule is CNc1cnc(C(=O)NCCCOCC2CC2)cn1. The molecule has 104 valence electrons. The Morgan fingerprint density at radius 2 is 2.26 bits per heavy atom. The van der Waals surface area contributed by atoms with Crippen molar-refractivity contribution in [3.63, 3.8) is 0 Å². The molecular weight excluding hydrogens is 244 g/mol. The Bertz CT molecular complexity index is 404. The summed E-state index contributed by atoms with van der Waals surface area (Å²) in [5.41, 5.74) is 0.331. The highest BCUT2D eigenvalue weighted by molar-refractivity contribution is 5.91. The zero-order chi connectivity index (χ0) is 13.5. The molecule has 1 aromatic heterocycles. The topological polar surface area (TPSA) is 76.1 Å². The van der Waals surface area contributed by atoms with Gasteiger partial charge in [0.2, 0.25) is 0 Å². The normalized spacial score (nSPS) is 14.2. The lowest BCUT2D eigenvalue weighted by molar-refractivity contribution is 0.0932. The average Bonchev–Trinajstić information content (AvgIpc) is 3.26. The maximum absolute atomic E-state index is 11.7. The third-order valence-corrected chi connectivity index (χ3v) is 2.94. The molecule has 1 fully saturated rings. The summed E-state index contributed by atoms with van der Waals surface area (Å²) in [5, 5.41) is 5.65. The number of amides is 1. The van der Waals surface area contributed by atoms with Crippen molar-refractivity contribution < 1.29 is 9.53 Å². The molecule has 2 N–H and O–H groups in total. The van der Waals surface area contributed by atoms with Crippen LogP contribution in [0, 0.1) is 5.92 Å². The number of ether oxygens (including phenoxy) is 1. The van der Waals surface area contributed by atoms with Crippen LogP contribution in [0.2, 0.25) is 0 Å². The van der Waals surface area contributed by atoms with E-state index in [0.717, 1.165) is 18.9 Å². The van der Waals surface area contributed by atoms with Gasteiger partial charge in [-0.3, -0.25) is 4.79 Å². The van der Waals surface area contributed by atoms with Gasteiger partial charge in [0.25, 0.3) is 5.91 Å². The van der Waals surface area contributed by atoms with Crippen molar-refractivity contribution in [2.24, 2.45) is 5.92 Å². The maximum Gasteiger partial charge on any atom is 0.271 e. The second kappa shape index (κ2) is 7.04. The number of rotatable bonds is 8. The molecule has 0 aliphatic heterocycles. The summed E-state index contributed by atoms with van der Waals surface area (Å²) in [6.07, 6.45) is 6.43. The van der Waals surface area contributed by atoms with Crippen LogP contribution < -0.4 is 10.6 Å². The Morgan fingerprint density at radius 3 is 2.89 bits per heavy atom. The van der Waals surface area contributed by atoms with Crippen LogP contribution in [-0.2, 0) is 4.74 Å². The largest absolute Gasteiger partial charge is 0.381 e. The minimum atomic E-state index is -0.197. The first-order valence-electron chi connectivity index (χ1n) is 6.65. The van der Waals surface area contributed by atoms with Crippen molar-refractivity contribution in [1.82, 2.24) is 15.3 Å². The third-order valence-electron chi connectivity index (χ3n) is 2.94. The lowest BCUT2D eigenvalue weighted by atomic mass is 10.4. The van der Waals surface area contributed by atoms with Crippen LogP contribution in [0.15, 0.2) is 12.4 Å². The van der Waals surface area contributed by atoms with Gasteiger partial charge in [-0.25, -0.2) is 9.97 Å². The minimum Gasteiger partial charge on any atom is -0.381 e. The number of nitrogens with one attached hydrogen (secondary N) is 2. The number of carbonyl (C=O) groups excluding carboxylic acids is 1. The van der Waals surface area contributed by atoms with E-state index in [2.05, 4.69) is 20.6 Å². The summed E-state index contributed by atoms with van der Waals surface area (Å²) < 4.78 is 5.49. The molecule has 1 amide bonds. The Labute approximate surface area is 113 Å². The third kappa shape index (κ3) is 4.82. The Kier molecular flexibility index (Phi) is 5.09. The van der Waals surface area contributed by atoms with Crippen molar-refractivity contribution in [3.05, 3.63) is 18.1 Å². The first-order chi connectivity index (χ1) is 9.29. The number of hydrogen-bond acceptors (Lipinski definition) is 5. The molecule has 0 atom stereocenters. The summed E-state index contributed by atoms with van der Waals surface area (Å²) in [4.78, 5) is 19.8. The van der Waals surface area contributed by atoms with E-state index in [1.165, 1.54) is 25.2 Å². The quantitative estimate of drug-likeness (QED) is 0.687. The van der Waals surface area contributed by atoms with E-state index in [-0.39, 0.29) is 5.91 Å². The van der Waals surface area contributed by atoms with E-state index in [0.29, 0.717) is 24.7 Å². The van der Waals surface area contributed by atoms with Crippen molar-refractivity contribution in [2.75, 3.05) is 32.1 Å². The molecule has 2 rings (SSSR count). The van der Waals surface area contributed by atoms with Gasteiger partial charge < -0.3 is 15.4 Å². The van der Waals surface area contributed by atoms with Crippen molar-refractivity contribution in [3.8, 4) is 0 Å². The average molecular weight is 264 g/mol. The fraction of sp³-hybridized carbons (Fsp3) is 0.615. The fourth-order valence-electron chi connectivity index (χ4n) is 1.58. The predicted molar refractivity (Wildman–Crippen MR) is 72.1 cm³/mol. The summed E-state index contributed by atoms with van der Waals surface area (Å²) in [7, 11) is 1.76. The van der Waals surface area contributed by atoms with Crippen LogP contribution in [0.4, 0.5) is 5.82 Å². The molecule has 1 aliphatic rings. The van der Waals surface area contributed by atoms with E-state index >= 15 is 0 Å². The van der Waals surface area contributed by atoms with Gasteiger partial charge in [-0.2, -0.15) is 0 Å². The van der Waals surface area contributed by atoms with E-state index in [9.17, 15) is 4.79 Å². The van der Waals surface area contributed by atoms with E-state index < -0.39 is 0 Å². The monoisotopic (exact) mass is 264 g/mol. The van der Waals surface area contributed by atoms with Crippen LogP contribution in [-0.4, -0.2) is 42.7 Å². The van der Waals surface area contributed by atoms with Crippen molar-refractivity contribution >= 4 is 11.7 Å². The van der Waals surface area contributed by atoms with E-state index in [1.807, 2.05) is 0 Å². The second-order valence-electron chi connectivity index (χ2n) is 4.66. The first kappa shape index (κ1) is 13.7. The van der Waals surface area contributed by atoms with E-state index in [1.54, 1.807) is 7.05 Å². The molecule has 0 saturated heterocycles. The van der Waals surface area contributed by atoms with Crippen LogP contribution in [0.25, 0.3) is 0 Å². The van der Waals surface area contributed by atoms with Gasteiger partial charge in [-0.15, -0.1) is 0 Å². The molecule has 0 unspecified atom stereocenters. The van der Waals surface area contributed by atoms with Gasteiger partial charge in [-0.05, 0) is 25.2 Å². The fourth-order valence-corrected chi connectivity index (χ4v) is 1.58. The van der Waals surface area contributed by atoms with Crippen LogP contribution in [0.5, 0.6) is 0 Å². The molecule has 0 bridgehead atoms. The summed E-state index contributed by atoms with van der Waals surface area (Å²) in [6.45, 7) is 2.16. The molecular formula is C13H20N4O2. The van der Waals surface area contributed by atoms with Crippen molar-refractivity contribution in [1.29, 1.82) is 0 Å². The van der Waals surface area contributed by atoms with E-state index in [4.69, 9.17) is 4.74 Å². The zero-order valence-electron chi connectivity index (χ0n) is 11.2. The summed E-state index contributed by atoms with van der Waals surface area (Å²) in [5.74, 6) is 1.23. The zero-order valence-corrected chi connectivity index (χ0v) is 11.2. The van der Waals surface area contributed by atoms with Gasteiger partial charge >= 0.3 is 0 Å². The number of aromatic nitrogens is 2. The highest BCUT2D eigenvalue weighted by Gasteiger charge is 2.20. The smallest absolute Gasteiger partial charge is 0.271 e. The Morgan fingerprint density at radius 1 is 1.42 bits per heavy atom. The predicted octanol–water partition coefficient (Wildman–Crippen LogP) is 1.06. The maximum atomic E-state index is 11.7. The lowest BCUT2D eigenvalue weighted by Crippen LogP contribution is -2.26. The van der Waals surface area contributed by atoms with Gasteiger partial charge in [0, 0.05) is 26.8 Å². The first-order valence-corrected chi connectivity index (χ1v) is 6.65. The number of anilines is 1. The Hall–Kier alpha value is -1.69. The lowest BCUT2D eigenvalue weighted by Gasteiger charge is -2.05. The molecule has 1 aromatic rings. The van der Waals surface area contributed by atoms with Crippen LogP contribution in [0.1, 0.15) is 29.8 Å². The summed E-state index contributed by atoms with van der Waals surface area (Å²) >= 11 is 0. The standard InChI is InChI=1S/C13H20N4O2/c1-14-12-8-16-11(7-17-12)13(18)15-5-2-6-19-9-10-3-4-10/h7-8,10H,2-6,9H2,1H3,(H,14,17)(H,15,18). The molecule has 1 aliphatic carbocycles. The molecule has 0 spiro atoms. The van der Waals surface area contributed by atoms with Crippen LogP contribution >= 0.6 is 0 Å². The highest BCUT2D eigenvalue weighted by atomic mass is 16.5. The van der Waals surface area contributed by atoms with Gasteiger partial charge in [0.1, 0.15) is 11.5 Å².